The van der Waals surface area contributed by atoms with E-state index >= 15 is 0 Å². The van der Waals surface area contributed by atoms with Gasteiger partial charge in [0.05, 0.1) is 6.61 Å². The van der Waals surface area contributed by atoms with Crippen LogP contribution in [0.4, 0.5) is 0 Å². The van der Waals surface area contributed by atoms with Crippen LogP contribution in [0.5, 0.6) is 0 Å². The molecule has 0 amide bonds. The molecule has 0 aliphatic carbocycles. The maximum absolute atomic E-state index is 11.0. The van der Waals surface area contributed by atoms with Crippen LogP contribution >= 0.6 is 0 Å². The first-order chi connectivity index (χ1) is 6.15. The van der Waals surface area contributed by atoms with Crippen molar-refractivity contribution < 1.29 is 19.2 Å². The number of aliphatic hydroxyl groups is 1. The van der Waals surface area contributed by atoms with E-state index in [0.29, 0.717) is 0 Å². The van der Waals surface area contributed by atoms with Gasteiger partial charge < -0.3 is 14.4 Å². The first kappa shape index (κ1) is 9.66. The third kappa shape index (κ3) is 2.25. The smallest absolute Gasteiger partial charge is 0.379 e. The second-order valence-corrected chi connectivity index (χ2v) is 2.35. The molecule has 13 heavy (non-hydrogen) atoms. The predicted molar refractivity (Wildman–Crippen MR) is 40.9 cm³/mol. The molecule has 1 aromatic rings. The summed E-state index contributed by atoms with van der Waals surface area (Å²) in [5, 5.41) is 12.3. The second-order valence-electron chi connectivity index (χ2n) is 2.35. The molecule has 1 rings (SSSR count). The number of ether oxygens (including phenoxy) is 1. The topological polar surface area (TPSA) is 85.5 Å². The van der Waals surface area contributed by atoms with E-state index in [0.717, 1.165) is 0 Å². The summed E-state index contributed by atoms with van der Waals surface area (Å²) in [5.74, 6) is -0.820. The van der Waals surface area contributed by atoms with E-state index in [1.165, 1.54) is 6.92 Å². The van der Waals surface area contributed by atoms with Gasteiger partial charge in [0.15, 0.2) is 0 Å². The van der Waals surface area contributed by atoms with Gasteiger partial charge in [-0.25, -0.2) is 4.79 Å². The predicted octanol–water partition coefficient (Wildman–Crippen LogP) is 0.300. The maximum atomic E-state index is 11.0. The maximum Gasteiger partial charge on any atom is 0.379 e. The van der Waals surface area contributed by atoms with Crippen LogP contribution in [0.25, 0.3) is 0 Å². The number of hydrogen-bond acceptors (Lipinski definition) is 6. The SMILES string of the molecule is CCOC(=O)c1noc(C(C)O)n1. The van der Waals surface area contributed by atoms with E-state index in [1.54, 1.807) is 6.92 Å². The lowest BCUT2D eigenvalue weighted by molar-refractivity contribution is 0.0508. The van der Waals surface area contributed by atoms with Crippen LogP contribution in [-0.2, 0) is 4.74 Å². The fourth-order valence-corrected chi connectivity index (χ4v) is 0.683. The number of nitrogens with zero attached hydrogens (tertiary/aromatic N) is 2. The van der Waals surface area contributed by atoms with Crippen molar-refractivity contribution in [2.45, 2.75) is 20.0 Å². The van der Waals surface area contributed by atoms with Gasteiger partial charge in [-0.2, -0.15) is 4.98 Å². The lowest BCUT2D eigenvalue weighted by Crippen LogP contribution is -2.06. The lowest BCUT2D eigenvalue weighted by Gasteiger charge is -1.94. The monoisotopic (exact) mass is 186 g/mol. The van der Waals surface area contributed by atoms with E-state index in [4.69, 9.17) is 5.11 Å². The molecule has 1 heterocycles. The number of rotatable bonds is 3. The molecule has 0 saturated carbocycles. The van der Waals surface area contributed by atoms with Crippen molar-refractivity contribution in [3.8, 4) is 0 Å². The molecule has 6 nitrogen and oxygen atoms in total. The zero-order valence-corrected chi connectivity index (χ0v) is 7.35. The van der Waals surface area contributed by atoms with Crippen LogP contribution in [0.2, 0.25) is 0 Å². The van der Waals surface area contributed by atoms with Crippen molar-refractivity contribution in [3.05, 3.63) is 11.7 Å². The van der Waals surface area contributed by atoms with Crippen molar-refractivity contribution >= 4 is 5.97 Å². The van der Waals surface area contributed by atoms with Crippen molar-refractivity contribution in [3.63, 3.8) is 0 Å². The highest BCUT2D eigenvalue weighted by molar-refractivity contribution is 5.84. The standard InChI is InChI=1S/C7H10N2O4/c1-3-12-7(11)5-8-6(4(2)10)13-9-5/h4,10H,3H2,1-2H3. The molecule has 0 fully saturated rings. The van der Waals surface area contributed by atoms with Crippen molar-refractivity contribution in [1.29, 1.82) is 0 Å². The minimum absolute atomic E-state index is 0.00283. The summed E-state index contributed by atoms with van der Waals surface area (Å²) in [6, 6.07) is 0. The molecule has 0 aromatic carbocycles. The summed E-state index contributed by atoms with van der Waals surface area (Å²) >= 11 is 0. The minimum atomic E-state index is -0.879. The summed E-state index contributed by atoms with van der Waals surface area (Å²) in [4.78, 5) is 14.6. The normalized spacial score (nSPS) is 12.5. The molecule has 0 aliphatic rings. The fraction of sp³-hybridized carbons (Fsp3) is 0.571. The third-order valence-electron chi connectivity index (χ3n) is 1.26. The van der Waals surface area contributed by atoms with Gasteiger partial charge in [0.2, 0.25) is 0 Å². The van der Waals surface area contributed by atoms with E-state index in [9.17, 15) is 4.79 Å². The summed E-state index contributed by atoms with van der Waals surface area (Å²) in [7, 11) is 0. The Morgan fingerprint density at radius 2 is 2.46 bits per heavy atom. The first-order valence-corrected chi connectivity index (χ1v) is 3.84. The molecule has 72 valence electrons. The van der Waals surface area contributed by atoms with Gasteiger partial charge in [0.1, 0.15) is 6.10 Å². The molecule has 0 spiro atoms. The number of carbonyl (C=O) groups excluding carboxylic acids is 1. The molecule has 0 saturated heterocycles. The summed E-state index contributed by atoms with van der Waals surface area (Å²) in [6.45, 7) is 3.38. The Bertz CT molecular complexity index is 294. The minimum Gasteiger partial charge on any atom is -0.460 e. The number of carbonyl (C=O) groups is 1. The molecule has 1 aromatic heterocycles. The van der Waals surface area contributed by atoms with Gasteiger partial charge in [-0.3, -0.25) is 0 Å². The molecule has 1 unspecified atom stereocenters. The molecular formula is C7H10N2O4. The van der Waals surface area contributed by atoms with E-state index in [2.05, 4.69) is 19.4 Å². The zero-order chi connectivity index (χ0) is 9.84. The summed E-state index contributed by atoms with van der Waals surface area (Å²) in [5.41, 5.74) is 0. The quantitative estimate of drug-likeness (QED) is 0.683. The third-order valence-corrected chi connectivity index (χ3v) is 1.26. The van der Waals surface area contributed by atoms with Crippen LogP contribution in [0, 0.1) is 0 Å². The second kappa shape index (κ2) is 3.99. The molecule has 0 radical (unpaired) electrons. The number of aliphatic hydroxyl groups excluding tert-OH is 1. The Labute approximate surface area is 74.5 Å². The number of aromatic nitrogens is 2. The molecule has 1 atom stereocenters. The van der Waals surface area contributed by atoms with Gasteiger partial charge in [0, 0.05) is 0 Å². The largest absolute Gasteiger partial charge is 0.460 e. The van der Waals surface area contributed by atoms with Crippen molar-refractivity contribution in [1.82, 2.24) is 10.1 Å². The highest BCUT2D eigenvalue weighted by atomic mass is 16.5. The molecular weight excluding hydrogens is 176 g/mol. The van der Waals surface area contributed by atoms with Gasteiger partial charge in [-0.05, 0) is 19.0 Å². The molecule has 6 heteroatoms. The van der Waals surface area contributed by atoms with Crippen LogP contribution < -0.4 is 0 Å². The summed E-state index contributed by atoms with van der Waals surface area (Å²) < 4.78 is 9.20. The van der Waals surface area contributed by atoms with Crippen molar-refractivity contribution in [2.75, 3.05) is 6.61 Å². The van der Waals surface area contributed by atoms with E-state index in [-0.39, 0.29) is 18.3 Å². The average Bonchev–Trinajstić information content (AvgIpc) is 2.52. The van der Waals surface area contributed by atoms with Crippen LogP contribution in [0.15, 0.2) is 4.52 Å². The Morgan fingerprint density at radius 3 is 2.92 bits per heavy atom. The summed E-state index contributed by atoms with van der Waals surface area (Å²) in [6.07, 6.45) is -0.879. The number of esters is 1. The van der Waals surface area contributed by atoms with E-state index in [1.807, 2.05) is 0 Å². The van der Waals surface area contributed by atoms with E-state index < -0.39 is 12.1 Å². The average molecular weight is 186 g/mol. The Kier molecular flexibility index (Phi) is 2.97. The molecule has 1 N–H and O–H groups in total. The van der Waals surface area contributed by atoms with Gasteiger partial charge in [0.25, 0.3) is 11.7 Å². The first-order valence-electron chi connectivity index (χ1n) is 3.84. The highest BCUT2D eigenvalue weighted by Crippen LogP contribution is 2.08. The Hall–Kier alpha value is -1.43. The Balaban J connectivity index is 2.73. The highest BCUT2D eigenvalue weighted by Gasteiger charge is 2.17. The van der Waals surface area contributed by atoms with Gasteiger partial charge in [-0.1, -0.05) is 0 Å². The Morgan fingerprint density at radius 1 is 1.77 bits per heavy atom. The van der Waals surface area contributed by atoms with Crippen LogP contribution in [-0.4, -0.2) is 27.8 Å². The van der Waals surface area contributed by atoms with Crippen molar-refractivity contribution in [2.24, 2.45) is 0 Å². The lowest BCUT2D eigenvalue weighted by atomic mass is 10.4. The zero-order valence-electron chi connectivity index (χ0n) is 7.35. The van der Waals surface area contributed by atoms with Crippen LogP contribution in [0.1, 0.15) is 36.5 Å². The van der Waals surface area contributed by atoms with Gasteiger partial charge >= 0.3 is 5.97 Å². The fourth-order valence-electron chi connectivity index (χ4n) is 0.683. The van der Waals surface area contributed by atoms with Gasteiger partial charge in [-0.15, -0.1) is 0 Å². The number of hydrogen-bond donors (Lipinski definition) is 1. The van der Waals surface area contributed by atoms with Crippen LogP contribution in [0.3, 0.4) is 0 Å². The molecule has 0 aliphatic heterocycles. The molecule has 0 bridgehead atoms.